The van der Waals surface area contributed by atoms with E-state index in [2.05, 4.69) is 20.3 Å². The summed E-state index contributed by atoms with van der Waals surface area (Å²) in [6, 6.07) is 2.04. The topological polar surface area (TPSA) is 173 Å². The van der Waals surface area contributed by atoms with Crippen LogP contribution >= 0.6 is 11.3 Å². The first-order valence-electron chi connectivity index (χ1n) is 16.7. The van der Waals surface area contributed by atoms with Gasteiger partial charge in [-0.3, -0.25) is 19.1 Å². The number of benzene rings is 1. The molecule has 1 saturated heterocycles. The molecule has 3 N–H and O–H groups in total. The fourth-order valence-electron chi connectivity index (χ4n) is 6.37. The highest BCUT2D eigenvalue weighted by atomic mass is 32.2. The third-order valence-electron chi connectivity index (χ3n) is 9.13. The number of thiazole rings is 1. The first kappa shape index (κ1) is 35.1. The Morgan fingerprint density at radius 2 is 1.92 bits per heavy atom. The highest BCUT2D eigenvalue weighted by Gasteiger charge is 2.62. The summed E-state index contributed by atoms with van der Waals surface area (Å²) in [5.74, 6) is -2.82. The summed E-state index contributed by atoms with van der Waals surface area (Å²) in [5.41, 5.74) is -1.78. The second-order valence-electron chi connectivity index (χ2n) is 14.3. The Bertz CT molecular complexity index is 1770. The minimum absolute atomic E-state index is 0.0274. The average molecular weight is 720 g/mol. The van der Waals surface area contributed by atoms with E-state index in [1.54, 1.807) is 20.8 Å². The molecule has 266 valence electrons. The number of carbonyl (C=O) groups is 4. The summed E-state index contributed by atoms with van der Waals surface area (Å²) in [6.07, 6.45) is 6.60. The van der Waals surface area contributed by atoms with E-state index in [9.17, 15) is 32.0 Å². The molecule has 4 amide bonds. The Hall–Kier alpha value is -3.79. The monoisotopic (exact) mass is 719 g/mol. The lowest BCUT2D eigenvalue weighted by Crippen LogP contribution is -2.58. The largest absolute Gasteiger partial charge is 0.465 e. The van der Waals surface area contributed by atoms with Crippen molar-refractivity contribution < 1.29 is 41.5 Å². The molecule has 6 rings (SSSR count). The molecule has 3 heterocycles. The van der Waals surface area contributed by atoms with Gasteiger partial charge in [-0.2, -0.15) is 0 Å². The van der Waals surface area contributed by atoms with Crippen molar-refractivity contribution in [1.82, 2.24) is 25.2 Å². The van der Waals surface area contributed by atoms with Crippen molar-refractivity contribution in [2.75, 3.05) is 6.54 Å². The van der Waals surface area contributed by atoms with Gasteiger partial charge in [0.05, 0.1) is 22.0 Å². The van der Waals surface area contributed by atoms with E-state index in [1.807, 2.05) is 12.2 Å². The van der Waals surface area contributed by atoms with Gasteiger partial charge in [-0.05, 0) is 77.5 Å². The van der Waals surface area contributed by atoms with E-state index in [0.717, 1.165) is 24.2 Å². The molecule has 2 saturated carbocycles. The number of allylic oxidation sites excluding steroid dienone is 1. The molecule has 0 spiro atoms. The number of alkyl carbamates (subject to hydrolysis) is 1. The van der Waals surface area contributed by atoms with Gasteiger partial charge in [-0.15, -0.1) is 0 Å². The average Bonchev–Trinajstić information content (AvgIpc) is 3.90. The van der Waals surface area contributed by atoms with Crippen LogP contribution in [0.25, 0.3) is 10.2 Å². The minimum Gasteiger partial charge on any atom is -0.465 e. The number of nitrogens with one attached hydrogen (secondary N) is 3. The normalized spacial score (nSPS) is 28.0. The van der Waals surface area contributed by atoms with Crippen molar-refractivity contribution >= 4 is 55.4 Å². The van der Waals surface area contributed by atoms with Gasteiger partial charge in [-0.25, -0.2) is 22.6 Å². The number of halogens is 1. The predicted octanol–water partition coefficient (Wildman–Crippen LogP) is 3.68. The number of carbonyl (C=O) groups excluding carboxylic acids is 4. The first-order valence-corrected chi connectivity index (χ1v) is 19.1. The summed E-state index contributed by atoms with van der Waals surface area (Å²) in [5, 5.41) is 5.13. The Labute approximate surface area is 288 Å². The SMILES string of the molecule is CC(C)(C)OC(=O)N[C@H]1CCCCCC=C[C@@H]2C[C@@]2(C(=O)NS(=O)(=O)C2CC2)NC(=O)[C@@H]2C[C@@H](Oc3nc4ccc(F)cc4s3)CN2C1=O. The fraction of sp³-hybridized carbons (Fsp3) is 0.606. The maximum atomic E-state index is 14.3. The molecule has 16 heteroatoms. The van der Waals surface area contributed by atoms with Crippen LogP contribution in [0.1, 0.15) is 78.6 Å². The lowest BCUT2D eigenvalue weighted by atomic mass is 10.0. The quantitative estimate of drug-likeness (QED) is 0.377. The number of ether oxygens (including phenoxy) is 2. The molecule has 2 aliphatic heterocycles. The van der Waals surface area contributed by atoms with Crippen LogP contribution in [0.3, 0.4) is 0 Å². The molecule has 0 radical (unpaired) electrons. The smallest absolute Gasteiger partial charge is 0.408 e. The molecule has 0 unspecified atom stereocenters. The van der Waals surface area contributed by atoms with Gasteiger partial charge in [0.25, 0.3) is 11.1 Å². The zero-order chi connectivity index (χ0) is 35.1. The van der Waals surface area contributed by atoms with Crippen molar-refractivity contribution in [3.05, 3.63) is 36.2 Å². The van der Waals surface area contributed by atoms with Crippen LogP contribution < -0.4 is 20.1 Å². The maximum absolute atomic E-state index is 14.3. The van der Waals surface area contributed by atoms with Crippen molar-refractivity contribution in [2.45, 2.75) is 113 Å². The van der Waals surface area contributed by atoms with Gasteiger partial charge in [-0.1, -0.05) is 36.3 Å². The number of sulfonamides is 1. The van der Waals surface area contributed by atoms with Crippen molar-refractivity contribution in [2.24, 2.45) is 5.92 Å². The zero-order valence-electron chi connectivity index (χ0n) is 27.7. The molecule has 2 aliphatic carbocycles. The van der Waals surface area contributed by atoms with Crippen molar-refractivity contribution in [3.8, 4) is 5.19 Å². The van der Waals surface area contributed by atoms with E-state index < -0.39 is 80.2 Å². The number of nitrogens with zero attached hydrogens (tertiary/aromatic N) is 2. The third-order valence-corrected chi connectivity index (χ3v) is 11.9. The lowest BCUT2D eigenvalue weighted by Gasteiger charge is -2.30. The summed E-state index contributed by atoms with van der Waals surface area (Å²) < 4.78 is 53.6. The predicted molar refractivity (Wildman–Crippen MR) is 179 cm³/mol. The summed E-state index contributed by atoms with van der Waals surface area (Å²) >= 11 is 1.13. The van der Waals surface area contributed by atoms with E-state index in [1.165, 1.54) is 23.1 Å². The number of hydrogen-bond acceptors (Lipinski definition) is 10. The number of amides is 4. The molecular weight excluding hydrogens is 678 g/mol. The van der Waals surface area contributed by atoms with Crippen LogP contribution in [0.2, 0.25) is 0 Å². The van der Waals surface area contributed by atoms with Gasteiger partial charge in [0, 0.05) is 12.3 Å². The molecule has 1 aromatic heterocycles. The maximum Gasteiger partial charge on any atom is 0.408 e. The molecule has 5 atom stereocenters. The van der Waals surface area contributed by atoms with Crippen LogP contribution in [-0.2, 0) is 29.1 Å². The minimum atomic E-state index is -3.89. The molecule has 4 aliphatic rings. The molecule has 49 heavy (non-hydrogen) atoms. The summed E-state index contributed by atoms with van der Waals surface area (Å²) in [4.78, 5) is 60.6. The zero-order valence-corrected chi connectivity index (χ0v) is 29.3. The molecular formula is C33H42FN5O8S2. The fourth-order valence-corrected chi connectivity index (χ4v) is 8.64. The Morgan fingerprint density at radius 1 is 1.14 bits per heavy atom. The second kappa shape index (κ2) is 13.5. The highest BCUT2D eigenvalue weighted by Crippen LogP contribution is 2.46. The Balaban J connectivity index is 1.28. The van der Waals surface area contributed by atoms with Gasteiger partial charge in [0.15, 0.2) is 0 Å². The van der Waals surface area contributed by atoms with Gasteiger partial charge in [0.2, 0.25) is 21.8 Å². The van der Waals surface area contributed by atoms with Crippen molar-refractivity contribution in [3.63, 3.8) is 0 Å². The molecule has 13 nitrogen and oxygen atoms in total. The molecule has 0 bridgehead atoms. The van der Waals surface area contributed by atoms with E-state index in [4.69, 9.17) is 9.47 Å². The van der Waals surface area contributed by atoms with Crippen molar-refractivity contribution in [1.29, 1.82) is 0 Å². The summed E-state index contributed by atoms with van der Waals surface area (Å²) in [7, 11) is -3.89. The number of hydrogen-bond donors (Lipinski definition) is 3. The molecule has 2 aromatic rings. The standard InChI is InChI=1S/C33H42FN5O8S2/c1-32(2,3)47-30(43)35-24-10-8-6-4-5-7-9-19-17-33(19,29(42)38-49(44,45)22-12-13-22)37-27(40)25-16-21(18-39(25)28(24)41)46-31-36-23-14-11-20(34)15-26(23)48-31/h7,9,11,14-15,19,21-22,24-25H,4-6,8,10,12-13,16-18H2,1-3H3,(H,35,43)(H,37,40)(H,38,42)/t19-,21-,24+,25+,33-/m1/s1. The molecule has 1 aromatic carbocycles. The second-order valence-corrected chi connectivity index (χ2v) is 17.2. The van der Waals surface area contributed by atoms with Crippen LogP contribution in [0, 0.1) is 11.7 Å². The number of fused-ring (bicyclic) bond motifs is 3. The highest BCUT2D eigenvalue weighted by molar-refractivity contribution is 7.91. The van der Waals surface area contributed by atoms with Crippen LogP contribution in [0.4, 0.5) is 9.18 Å². The van der Waals surface area contributed by atoms with E-state index in [-0.39, 0.29) is 24.6 Å². The number of rotatable bonds is 6. The first-order chi connectivity index (χ1) is 23.1. The van der Waals surface area contributed by atoms with Crippen LogP contribution in [-0.4, -0.2) is 83.2 Å². The van der Waals surface area contributed by atoms with E-state index >= 15 is 0 Å². The van der Waals surface area contributed by atoms with Gasteiger partial charge < -0.3 is 25.0 Å². The Kier molecular flexibility index (Phi) is 9.65. The van der Waals surface area contributed by atoms with Gasteiger partial charge >= 0.3 is 6.09 Å². The Morgan fingerprint density at radius 3 is 2.65 bits per heavy atom. The summed E-state index contributed by atoms with van der Waals surface area (Å²) in [6.45, 7) is 5.10. The molecule has 3 fully saturated rings. The number of aromatic nitrogens is 1. The van der Waals surface area contributed by atoms with E-state index in [0.29, 0.717) is 42.3 Å². The van der Waals surface area contributed by atoms with Crippen LogP contribution in [0.5, 0.6) is 5.19 Å². The van der Waals surface area contributed by atoms with Crippen LogP contribution in [0.15, 0.2) is 30.4 Å². The lowest BCUT2D eigenvalue weighted by molar-refractivity contribution is -0.141. The third kappa shape index (κ3) is 8.17. The van der Waals surface area contributed by atoms with Gasteiger partial charge in [0.1, 0.15) is 35.1 Å².